The molecule has 1 radical (unpaired) electrons. The molecule has 0 heterocycles. The molecule has 1 amide bonds. The van der Waals surface area contributed by atoms with E-state index in [9.17, 15) is 4.79 Å². The van der Waals surface area contributed by atoms with Crippen molar-refractivity contribution in [2.45, 2.75) is 6.54 Å². The molecule has 0 aliphatic rings. The number of rotatable bonds is 3. The summed E-state index contributed by atoms with van der Waals surface area (Å²) in [5.74, 6) is 0. The molecule has 12 heavy (non-hydrogen) atoms. The van der Waals surface area contributed by atoms with Crippen molar-refractivity contribution in [3.05, 3.63) is 29.8 Å². The van der Waals surface area contributed by atoms with Crippen molar-refractivity contribution >= 4 is 12.1 Å². The molecule has 0 fully saturated rings. The zero-order valence-corrected chi connectivity index (χ0v) is 6.95. The number of hydrogen-bond acceptors (Lipinski definition) is 2. The van der Waals surface area contributed by atoms with Crippen LogP contribution >= 0.6 is 0 Å². The van der Waals surface area contributed by atoms with Crippen LogP contribution in [0.25, 0.3) is 0 Å². The van der Waals surface area contributed by atoms with Gasteiger partial charge in [0.25, 0.3) is 0 Å². The number of anilines is 1. The van der Waals surface area contributed by atoms with Crippen LogP contribution in [0.2, 0.25) is 0 Å². The SMILES string of the molecule is CN([C]=O)c1ccc(CN)cc1. The predicted octanol–water partition coefficient (Wildman–Crippen LogP) is 0.649. The molecule has 0 unspecified atom stereocenters. The minimum atomic E-state index is 0.523. The van der Waals surface area contributed by atoms with Crippen LogP contribution < -0.4 is 10.6 Å². The van der Waals surface area contributed by atoms with Gasteiger partial charge in [-0.15, -0.1) is 0 Å². The summed E-state index contributed by atoms with van der Waals surface area (Å²) in [6.07, 6.45) is 1.77. The van der Waals surface area contributed by atoms with E-state index in [0.29, 0.717) is 6.54 Å². The fourth-order valence-corrected chi connectivity index (χ4v) is 0.908. The Hall–Kier alpha value is -1.35. The average Bonchev–Trinajstić information content (AvgIpc) is 2.17. The van der Waals surface area contributed by atoms with Gasteiger partial charge in [-0.2, -0.15) is 0 Å². The number of hydrogen-bond donors (Lipinski definition) is 1. The minimum absolute atomic E-state index is 0.523. The lowest BCUT2D eigenvalue weighted by molar-refractivity contribution is 0.554. The van der Waals surface area contributed by atoms with Gasteiger partial charge in [0, 0.05) is 19.3 Å². The van der Waals surface area contributed by atoms with Crippen LogP contribution in [0.15, 0.2) is 24.3 Å². The second kappa shape index (κ2) is 3.88. The number of nitrogens with two attached hydrogens (primary N) is 1. The van der Waals surface area contributed by atoms with Crippen molar-refractivity contribution in [3.63, 3.8) is 0 Å². The largest absolute Gasteiger partial charge is 0.326 e. The van der Waals surface area contributed by atoms with Crippen LogP contribution in [0.5, 0.6) is 0 Å². The van der Waals surface area contributed by atoms with Gasteiger partial charge in [-0.3, -0.25) is 4.79 Å². The van der Waals surface area contributed by atoms with Gasteiger partial charge in [-0.25, -0.2) is 0 Å². The highest BCUT2D eigenvalue weighted by molar-refractivity contribution is 5.74. The summed E-state index contributed by atoms with van der Waals surface area (Å²) in [5.41, 5.74) is 7.29. The van der Waals surface area contributed by atoms with Crippen LogP contribution in [0.3, 0.4) is 0 Å². The summed E-state index contributed by atoms with van der Waals surface area (Å²) in [5, 5.41) is 0. The molecular weight excluding hydrogens is 152 g/mol. The van der Waals surface area contributed by atoms with Gasteiger partial charge in [-0.1, -0.05) is 12.1 Å². The second-order valence-electron chi connectivity index (χ2n) is 2.52. The lowest BCUT2D eigenvalue weighted by atomic mass is 10.2. The van der Waals surface area contributed by atoms with Crippen LogP contribution in [-0.2, 0) is 11.3 Å². The summed E-state index contributed by atoms with van der Waals surface area (Å²) >= 11 is 0. The van der Waals surface area contributed by atoms with Crippen molar-refractivity contribution in [2.24, 2.45) is 5.73 Å². The second-order valence-corrected chi connectivity index (χ2v) is 2.52. The van der Waals surface area contributed by atoms with E-state index in [2.05, 4.69) is 0 Å². The maximum Gasteiger partial charge on any atom is 0.316 e. The van der Waals surface area contributed by atoms with Crippen molar-refractivity contribution < 1.29 is 4.79 Å². The topological polar surface area (TPSA) is 46.3 Å². The van der Waals surface area contributed by atoms with Crippen LogP contribution in [0, 0.1) is 0 Å². The molecule has 63 valence electrons. The number of benzene rings is 1. The van der Waals surface area contributed by atoms with E-state index in [4.69, 9.17) is 5.73 Å². The van der Waals surface area contributed by atoms with E-state index in [1.54, 1.807) is 13.5 Å². The van der Waals surface area contributed by atoms with E-state index in [1.165, 1.54) is 4.90 Å². The van der Waals surface area contributed by atoms with Gasteiger partial charge in [0.1, 0.15) is 0 Å². The number of amides is 1. The third-order valence-corrected chi connectivity index (χ3v) is 1.70. The first-order chi connectivity index (χ1) is 5.77. The first-order valence-electron chi connectivity index (χ1n) is 3.68. The first-order valence-corrected chi connectivity index (χ1v) is 3.68. The zero-order valence-electron chi connectivity index (χ0n) is 6.95. The third-order valence-electron chi connectivity index (χ3n) is 1.70. The van der Waals surface area contributed by atoms with E-state index >= 15 is 0 Å². The van der Waals surface area contributed by atoms with Crippen LogP contribution in [-0.4, -0.2) is 13.5 Å². The smallest absolute Gasteiger partial charge is 0.316 e. The molecule has 0 saturated heterocycles. The quantitative estimate of drug-likeness (QED) is 0.665. The Labute approximate surface area is 71.8 Å². The fraction of sp³-hybridized carbons (Fsp3) is 0.222. The molecule has 0 aliphatic heterocycles. The van der Waals surface area contributed by atoms with Gasteiger partial charge >= 0.3 is 6.41 Å². The molecule has 3 heteroatoms. The summed E-state index contributed by atoms with van der Waals surface area (Å²) in [7, 11) is 1.66. The van der Waals surface area contributed by atoms with Gasteiger partial charge in [0.2, 0.25) is 0 Å². The molecule has 1 aromatic rings. The molecule has 0 saturated carbocycles. The Morgan fingerprint density at radius 2 is 2.00 bits per heavy atom. The Bertz CT molecular complexity index is 256. The van der Waals surface area contributed by atoms with Crippen molar-refractivity contribution in [2.75, 3.05) is 11.9 Å². The average molecular weight is 163 g/mol. The van der Waals surface area contributed by atoms with Crippen LogP contribution in [0.1, 0.15) is 5.56 Å². The van der Waals surface area contributed by atoms with Gasteiger partial charge < -0.3 is 10.6 Å². The van der Waals surface area contributed by atoms with Crippen molar-refractivity contribution in [1.82, 2.24) is 0 Å². The highest BCUT2D eigenvalue weighted by Gasteiger charge is 1.97. The lowest BCUT2D eigenvalue weighted by Gasteiger charge is -2.09. The number of carbonyl (C=O) groups excluding carboxylic acids is 1. The highest BCUT2D eigenvalue weighted by Crippen LogP contribution is 2.11. The molecular formula is C9H11N2O. The monoisotopic (exact) mass is 163 g/mol. The summed E-state index contributed by atoms with van der Waals surface area (Å²) < 4.78 is 0. The maximum absolute atomic E-state index is 10.2. The van der Waals surface area contributed by atoms with Crippen molar-refractivity contribution in [1.29, 1.82) is 0 Å². The third kappa shape index (κ3) is 1.83. The van der Waals surface area contributed by atoms with E-state index in [0.717, 1.165) is 11.3 Å². The Balaban J connectivity index is 2.84. The normalized spacial score (nSPS) is 9.50. The maximum atomic E-state index is 10.2. The fourth-order valence-electron chi connectivity index (χ4n) is 0.908. The minimum Gasteiger partial charge on any atom is -0.326 e. The molecule has 0 spiro atoms. The van der Waals surface area contributed by atoms with E-state index in [1.807, 2.05) is 24.3 Å². The summed E-state index contributed by atoms with van der Waals surface area (Å²) in [6.45, 7) is 0.523. The Morgan fingerprint density at radius 1 is 1.42 bits per heavy atom. The van der Waals surface area contributed by atoms with E-state index < -0.39 is 0 Å². The van der Waals surface area contributed by atoms with E-state index in [-0.39, 0.29) is 0 Å². The summed E-state index contributed by atoms with van der Waals surface area (Å²) in [4.78, 5) is 11.6. The first kappa shape index (κ1) is 8.74. The van der Waals surface area contributed by atoms with Gasteiger partial charge in [0.15, 0.2) is 0 Å². The van der Waals surface area contributed by atoms with Gasteiger partial charge in [0.05, 0.1) is 0 Å². The van der Waals surface area contributed by atoms with Gasteiger partial charge in [-0.05, 0) is 17.7 Å². The molecule has 0 aliphatic carbocycles. The molecule has 3 nitrogen and oxygen atoms in total. The van der Waals surface area contributed by atoms with Crippen molar-refractivity contribution in [3.8, 4) is 0 Å². The summed E-state index contributed by atoms with van der Waals surface area (Å²) in [6, 6.07) is 7.46. The molecule has 0 aromatic heterocycles. The molecule has 1 aromatic carbocycles. The predicted molar refractivity (Wildman–Crippen MR) is 48.4 cm³/mol. The lowest BCUT2D eigenvalue weighted by Crippen LogP contribution is -2.13. The Morgan fingerprint density at radius 3 is 2.42 bits per heavy atom. The standard InChI is InChI=1S/C9H11N2O/c1-11(7-12)9-4-2-8(6-10)3-5-9/h2-5H,6,10H2,1H3. The highest BCUT2D eigenvalue weighted by atomic mass is 16.1. The van der Waals surface area contributed by atoms with Crippen LogP contribution in [0.4, 0.5) is 5.69 Å². The molecule has 2 N–H and O–H groups in total. The molecule has 0 atom stereocenters. The zero-order chi connectivity index (χ0) is 8.97. The number of nitrogens with zero attached hydrogens (tertiary/aromatic N) is 1. The molecule has 0 bridgehead atoms. The molecule has 1 rings (SSSR count). The Kier molecular flexibility index (Phi) is 2.82.